The molecule has 0 fully saturated rings. The van der Waals surface area contributed by atoms with Gasteiger partial charge < -0.3 is 5.11 Å². The van der Waals surface area contributed by atoms with E-state index in [0.717, 1.165) is 11.1 Å². The first kappa shape index (κ1) is 17.3. The van der Waals surface area contributed by atoms with Crippen molar-refractivity contribution in [2.45, 2.75) is 6.10 Å². The van der Waals surface area contributed by atoms with Gasteiger partial charge in [0.2, 0.25) is 0 Å². The highest BCUT2D eigenvalue weighted by Crippen LogP contribution is 2.21. The Labute approximate surface area is 150 Å². The second-order valence-electron chi connectivity index (χ2n) is 5.59. The van der Waals surface area contributed by atoms with Crippen LogP contribution in [0.25, 0.3) is 0 Å². The lowest BCUT2D eigenvalue weighted by molar-refractivity contribution is -0.384. The molecular formula is C20H17N3O3. The molecular weight excluding hydrogens is 330 g/mol. The van der Waals surface area contributed by atoms with E-state index in [2.05, 4.69) is 10.5 Å². The number of aliphatic hydroxyl groups excluding tert-OH is 1. The van der Waals surface area contributed by atoms with Crippen LogP contribution in [0.1, 0.15) is 17.2 Å². The predicted molar refractivity (Wildman–Crippen MR) is 101 cm³/mol. The number of anilines is 1. The van der Waals surface area contributed by atoms with Crippen molar-refractivity contribution in [1.82, 2.24) is 0 Å². The minimum atomic E-state index is -0.913. The maximum Gasteiger partial charge on any atom is 0.269 e. The molecule has 0 radical (unpaired) electrons. The van der Waals surface area contributed by atoms with Crippen molar-refractivity contribution >= 4 is 17.1 Å². The highest BCUT2D eigenvalue weighted by Gasteiger charge is 2.17. The fraction of sp³-hybridized carbons (Fsp3) is 0.0500. The van der Waals surface area contributed by atoms with E-state index >= 15 is 0 Å². The Bertz CT molecular complexity index is 895. The number of non-ortho nitro benzene ring substituents is 1. The van der Waals surface area contributed by atoms with E-state index < -0.39 is 11.0 Å². The summed E-state index contributed by atoms with van der Waals surface area (Å²) >= 11 is 0. The minimum Gasteiger partial charge on any atom is -0.382 e. The van der Waals surface area contributed by atoms with Gasteiger partial charge in [-0.25, -0.2) is 0 Å². The fourth-order valence-corrected chi connectivity index (χ4v) is 2.47. The van der Waals surface area contributed by atoms with Gasteiger partial charge in [-0.15, -0.1) is 0 Å². The summed E-state index contributed by atoms with van der Waals surface area (Å²) in [7, 11) is 0. The molecule has 0 saturated heterocycles. The quantitative estimate of drug-likeness (QED) is 0.398. The molecule has 0 amide bonds. The maximum absolute atomic E-state index is 10.8. The highest BCUT2D eigenvalue weighted by molar-refractivity contribution is 6.04. The van der Waals surface area contributed by atoms with Crippen molar-refractivity contribution < 1.29 is 10.0 Å². The molecule has 130 valence electrons. The summed E-state index contributed by atoms with van der Waals surface area (Å²) in [4.78, 5) is 10.3. The number of hydrogen-bond donors (Lipinski definition) is 2. The number of rotatable bonds is 6. The molecule has 0 spiro atoms. The van der Waals surface area contributed by atoms with E-state index in [1.807, 2.05) is 60.7 Å². The number of nitrogens with one attached hydrogen (secondary N) is 1. The normalized spacial score (nSPS) is 12.4. The Morgan fingerprint density at radius 3 is 2.08 bits per heavy atom. The van der Waals surface area contributed by atoms with Crippen molar-refractivity contribution in [2.75, 3.05) is 5.43 Å². The van der Waals surface area contributed by atoms with Crippen molar-refractivity contribution in [3.05, 3.63) is 106 Å². The number of nitro groups is 1. The molecule has 0 aliphatic carbocycles. The molecule has 6 heteroatoms. The molecule has 0 bridgehead atoms. The van der Waals surface area contributed by atoms with E-state index in [9.17, 15) is 15.2 Å². The summed E-state index contributed by atoms with van der Waals surface area (Å²) in [6.45, 7) is 0. The molecule has 3 aromatic rings. The van der Waals surface area contributed by atoms with Crippen molar-refractivity contribution in [1.29, 1.82) is 0 Å². The molecule has 0 heterocycles. The van der Waals surface area contributed by atoms with Gasteiger partial charge in [-0.05, 0) is 17.7 Å². The summed E-state index contributed by atoms with van der Waals surface area (Å²) < 4.78 is 0. The van der Waals surface area contributed by atoms with E-state index in [4.69, 9.17) is 0 Å². The molecule has 0 saturated carbocycles. The van der Waals surface area contributed by atoms with E-state index in [1.165, 1.54) is 12.1 Å². The van der Waals surface area contributed by atoms with Crippen LogP contribution < -0.4 is 5.43 Å². The lowest BCUT2D eigenvalue weighted by atomic mass is 9.99. The summed E-state index contributed by atoms with van der Waals surface area (Å²) in [6.07, 6.45) is -0.913. The molecule has 0 aliphatic rings. The van der Waals surface area contributed by atoms with Crippen molar-refractivity contribution in [3.63, 3.8) is 0 Å². The molecule has 2 N–H and O–H groups in total. The van der Waals surface area contributed by atoms with Crippen LogP contribution in [0.3, 0.4) is 0 Å². The third kappa shape index (κ3) is 4.12. The highest BCUT2D eigenvalue weighted by atomic mass is 16.6. The Balaban J connectivity index is 1.90. The summed E-state index contributed by atoms with van der Waals surface area (Å²) in [5.41, 5.74) is 5.41. The molecule has 1 atom stereocenters. The second-order valence-corrected chi connectivity index (χ2v) is 5.59. The van der Waals surface area contributed by atoms with Gasteiger partial charge in [0.1, 0.15) is 11.8 Å². The van der Waals surface area contributed by atoms with Gasteiger partial charge in [-0.2, -0.15) is 5.10 Å². The molecule has 6 nitrogen and oxygen atoms in total. The van der Waals surface area contributed by atoms with Gasteiger partial charge in [-0.1, -0.05) is 60.7 Å². The first-order chi connectivity index (χ1) is 12.6. The number of hydrogen-bond acceptors (Lipinski definition) is 5. The van der Waals surface area contributed by atoms with Crippen LogP contribution in [0.2, 0.25) is 0 Å². The molecule has 3 rings (SSSR count). The molecule has 26 heavy (non-hydrogen) atoms. The Morgan fingerprint density at radius 1 is 0.923 bits per heavy atom. The lowest BCUT2D eigenvalue weighted by Crippen LogP contribution is -2.15. The average molecular weight is 347 g/mol. The topological polar surface area (TPSA) is 87.8 Å². The van der Waals surface area contributed by atoms with Crippen LogP contribution in [0.4, 0.5) is 11.4 Å². The second kappa shape index (κ2) is 8.04. The fourth-order valence-electron chi connectivity index (χ4n) is 2.47. The van der Waals surface area contributed by atoms with Crippen LogP contribution in [0.5, 0.6) is 0 Å². The smallest absolute Gasteiger partial charge is 0.269 e. The third-order valence-corrected chi connectivity index (χ3v) is 3.83. The summed E-state index contributed by atoms with van der Waals surface area (Å²) in [5, 5.41) is 25.9. The Hall–Kier alpha value is -3.51. The number of nitrogens with zero attached hydrogens (tertiary/aromatic N) is 2. The SMILES string of the molecule is O=[N+]([O-])c1ccc(N/N=C(\c2ccccc2)[C@H](O)c2ccccc2)cc1. The zero-order valence-corrected chi connectivity index (χ0v) is 13.8. The van der Waals surface area contributed by atoms with Crippen LogP contribution in [-0.4, -0.2) is 15.7 Å². The zero-order valence-electron chi connectivity index (χ0n) is 13.8. The van der Waals surface area contributed by atoms with Gasteiger partial charge in [0.25, 0.3) is 5.69 Å². The lowest BCUT2D eigenvalue weighted by Gasteiger charge is -2.15. The third-order valence-electron chi connectivity index (χ3n) is 3.83. The number of hydrazone groups is 1. The predicted octanol–water partition coefficient (Wildman–Crippen LogP) is 4.14. The largest absolute Gasteiger partial charge is 0.382 e. The van der Waals surface area contributed by atoms with E-state index in [1.54, 1.807) is 12.1 Å². The maximum atomic E-state index is 10.8. The van der Waals surface area contributed by atoms with Crippen molar-refractivity contribution in [2.24, 2.45) is 5.10 Å². The average Bonchev–Trinajstić information content (AvgIpc) is 2.70. The van der Waals surface area contributed by atoms with Crippen LogP contribution >= 0.6 is 0 Å². The number of nitro benzene ring substituents is 1. The number of aliphatic hydroxyl groups is 1. The van der Waals surface area contributed by atoms with Crippen LogP contribution in [-0.2, 0) is 0 Å². The summed E-state index contributed by atoms with van der Waals surface area (Å²) in [6, 6.07) is 24.5. The van der Waals surface area contributed by atoms with Gasteiger partial charge >= 0.3 is 0 Å². The zero-order chi connectivity index (χ0) is 18.4. The molecule has 0 unspecified atom stereocenters. The Kier molecular flexibility index (Phi) is 5.36. The number of benzene rings is 3. The van der Waals surface area contributed by atoms with Gasteiger partial charge in [0.05, 0.1) is 10.6 Å². The first-order valence-corrected chi connectivity index (χ1v) is 8.01. The molecule has 3 aromatic carbocycles. The monoisotopic (exact) mass is 347 g/mol. The summed E-state index contributed by atoms with van der Waals surface area (Å²) in [5.74, 6) is 0. The van der Waals surface area contributed by atoms with E-state index in [0.29, 0.717) is 11.4 Å². The van der Waals surface area contributed by atoms with Gasteiger partial charge in [-0.3, -0.25) is 15.5 Å². The van der Waals surface area contributed by atoms with Crippen LogP contribution in [0.15, 0.2) is 90.0 Å². The van der Waals surface area contributed by atoms with E-state index in [-0.39, 0.29) is 5.69 Å². The Morgan fingerprint density at radius 2 is 1.50 bits per heavy atom. The van der Waals surface area contributed by atoms with Gasteiger partial charge in [0.15, 0.2) is 0 Å². The van der Waals surface area contributed by atoms with Crippen molar-refractivity contribution in [3.8, 4) is 0 Å². The standard InChI is InChI=1S/C20H17N3O3/c24-20(16-9-5-2-6-10-16)19(15-7-3-1-4-8-15)22-21-17-11-13-18(14-12-17)23(25)26/h1-14,20-21,24H/b22-19+/t20-/m1/s1. The molecule has 0 aromatic heterocycles. The first-order valence-electron chi connectivity index (χ1n) is 8.01. The van der Waals surface area contributed by atoms with Gasteiger partial charge in [0, 0.05) is 17.7 Å². The molecule has 0 aliphatic heterocycles. The minimum absolute atomic E-state index is 0.00660. The van der Waals surface area contributed by atoms with Crippen LogP contribution in [0, 0.1) is 10.1 Å².